The fraction of sp³-hybridized carbons (Fsp3) is 0.500. The number of benzene rings is 1. The average Bonchev–Trinajstić information content (AvgIpc) is 2.21. The molecule has 0 radical (unpaired) electrons. The van der Waals surface area contributed by atoms with E-state index in [0.29, 0.717) is 17.2 Å². The minimum atomic E-state index is -0.812. The Morgan fingerprint density at radius 1 is 1.39 bits per heavy atom. The molecule has 4 heteroatoms. The van der Waals surface area contributed by atoms with Crippen LogP contribution in [0, 0.1) is 11.8 Å². The minimum absolute atomic E-state index is 0.0547. The number of rotatable bonds is 5. The Bertz CT molecular complexity index is 432. The second-order valence-electron chi connectivity index (χ2n) is 5.20. The monoisotopic (exact) mass is 313 g/mol. The van der Waals surface area contributed by atoms with Gasteiger partial charge in [0, 0.05) is 10.2 Å². The van der Waals surface area contributed by atoms with E-state index in [0.717, 1.165) is 10.9 Å². The molecule has 0 heterocycles. The number of anilines is 1. The van der Waals surface area contributed by atoms with Gasteiger partial charge in [0.1, 0.15) is 0 Å². The third-order valence-corrected chi connectivity index (χ3v) is 3.56. The fourth-order valence-corrected chi connectivity index (χ4v) is 2.76. The molecule has 0 aromatic heterocycles. The van der Waals surface area contributed by atoms with Crippen LogP contribution in [0.3, 0.4) is 0 Å². The second kappa shape index (κ2) is 6.23. The van der Waals surface area contributed by atoms with E-state index in [-0.39, 0.29) is 5.92 Å². The van der Waals surface area contributed by atoms with E-state index in [2.05, 4.69) is 29.8 Å². The molecule has 3 N–H and O–H groups in total. The summed E-state index contributed by atoms with van der Waals surface area (Å²) in [6, 6.07) is 5.38. The summed E-state index contributed by atoms with van der Waals surface area (Å²) in [5, 5.41) is 9.45. The van der Waals surface area contributed by atoms with Crippen molar-refractivity contribution >= 4 is 27.6 Å². The number of nitrogen functional groups attached to an aromatic ring is 1. The van der Waals surface area contributed by atoms with Crippen molar-refractivity contribution in [2.45, 2.75) is 33.1 Å². The van der Waals surface area contributed by atoms with Crippen molar-refractivity contribution in [1.29, 1.82) is 0 Å². The maximum atomic E-state index is 11.5. The molecule has 0 aliphatic carbocycles. The van der Waals surface area contributed by atoms with Crippen molar-refractivity contribution < 1.29 is 9.90 Å². The third-order valence-electron chi connectivity index (χ3n) is 3.06. The van der Waals surface area contributed by atoms with Crippen LogP contribution in [-0.2, 0) is 4.79 Å². The van der Waals surface area contributed by atoms with E-state index in [9.17, 15) is 9.90 Å². The lowest BCUT2D eigenvalue weighted by atomic mass is 9.82. The average molecular weight is 314 g/mol. The molecule has 18 heavy (non-hydrogen) atoms. The Labute approximate surface area is 117 Å². The highest BCUT2D eigenvalue weighted by molar-refractivity contribution is 9.10. The quantitative estimate of drug-likeness (QED) is 0.811. The molecule has 0 aliphatic heterocycles. The van der Waals surface area contributed by atoms with Crippen LogP contribution in [0.4, 0.5) is 5.69 Å². The summed E-state index contributed by atoms with van der Waals surface area (Å²) in [5.74, 6) is -0.841. The molecular formula is C14H20BrNO2. The van der Waals surface area contributed by atoms with Gasteiger partial charge in [-0.2, -0.15) is 0 Å². The van der Waals surface area contributed by atoms with Crippen molar-refractivity contribution in [1.82, 2.24) is 0 Å². The molecule has 1 aromatic rings. The zero-order valence-electron chi connectivity index (χ0n) is 11.0. The number of nitrogens with two attached hydrogens (primary N) is 1. The molecule has 0 saturated heterocycles. The standard InChI is InChI=1S/C14H20BrNO2/c1-8(2)6-9(3)13(14(17)18)11-7-10(15)4-5-12(11)16/h4-5,7-9,13H,6,16H2,1-3H3,(H,17,18). The number of hydrogen-bond acceptors (Lipinski definition) is 2. The molecule has 2 unspecified atom stereocenters. The summed E-state index contributed by atoms with van der Waals surface area (Å²) in [6.45, 7) is 6.17. The number of carboxylic acid groups (broad SMARTS) is 1. The molecule has 0 fully saturated rings. The summed E-state index contributed by atoms with van der Waals surface area (Å²) in [7, 11) is 0. The predicted octanol–water partition coefficient (Wildman–Crippen LogP) is 3.88. The normalized spacial score (nSPS) is 14.5. The van der Waals surface area contributed by atoms with Gasteiger partial charge in [0.05, 0.1) is 5.92 Å². The van der Waals surface area contributed by atoms with E-state index in [4.69, 9.17) is 5.73 Å². The molecule has 0 bridgehead atoms. The maximum Gasteiger partial charge on any atom is 0.311 e. The Morgan fingerprint density at radius 2 is 2.00 bits per heavy atom. The largest absolute Gasteiger partial charge is 0.481 e. The van der Waals surface area contributed by atoms with Crippen molar-refractivity contribution in [2.24, 2.45) is 11.8 Å². The van der Waals surface area contributed by atoms with E-state index in [1.54, 1.807) is 6.07 Å². The van der Waals surface area contributed by atoms with Gasteiger partial charge in [-0.15, -0.1) is 0 Å². The lowest BCUT2D eigenvalue weighted by molar-refractivity contribution is -0.140. The highest BCUT2D eigenvalue weighted by Gasteiger charge is 2.28. The van der Waals surface area contributed by atoms with E-state index in [1.165, 1.54) is 0 Å². The van der Waals surface area contributed by atoms with Gasteiger partial charge < -0.3 is 10.8 Å². The van der Waals surface area contributed by atoms with Gasteiger partial charge in [-0.05, 0) is 42.0 Å². The zero-order valence-corrected chi connectivity index (χ0v) is 12.6. The van der Waals surface area contributed by atoms with Gasteiger partial charge in [0.25, 0.3) is 0 Å². The van der Waals surface area contributed by atoms with Crippen LogP contribution < -0.4 is 5.73 Å². The molecule has 1 aromatic carbocycles. The summed E-state index contributed by atoms with van der Waals surface area (Å²) in [4.78, 5) is 11.5. The number of hydrogen-bond donors (Lipinski definition) is 2. The van der Waals surface area contributed by atoms with Gasteiger partial charge in [0.15, 0.2) is 0 Å². The fourth-order valence-electron chi connectivity index (χ4n) is 2.38. The summed E-state index contributed by atoms with van der Waals surface area (Å²) >= 11 is 3.37. The molecule has 100 valence electrons. The lowest BCUT2D eigenvalue weighted by Gasteiger charge is -2.23. The van der Waals surface area contributed by atoms with E-state index < -0.39 is 11.9 Å². The van der Waals surface area contributed by atoms with Gasteiger partial charge in [-0.25, -0.2) is 0 Å². The van der Waals surface area contributed by atoms with Crippen molar-refractivity contribution in [3.8, 4) is 0 Å². The summed E-state index contributed by atoms with van der Waals surface area (Å²) in [5.41, 5.74) is 7.15. The zero-order chi connectivity index (χ0) is 13.9. The molecule has 0 aliphatic rings. The number of aliphatic carboxylic acids is 1. The van der Waals surface area contributed by atoms with Crippen LogP contribution in [0.2, 0.25) is 0 Å². The first-order valence-electron chi connectivity index (χ1n) is 6.10. The molecule has 0 saturated carbocycles. The Kier molecular flexibility index (Phi) is 5.20. The van der Waals surface area contributed by atoms with Gasteiger partial charge in [0.2, 0.25) is 0 Å². The van der Waals surface area contributed by atoms with Crippen LogP contribution in [-0.4, -0.2) is 11.1 Å². The Hall–Kier alpha value is -1.03. The van der Waals surface area contributed by atoms with Crippen LogP contribution in [0.15, 0.2) is 22.7 Å². The van der Waals surface area contributed by atoms with Gasteiger partial charge in [-0.3, -0.25) is 4.79 Å². The number of carboxylic acids is 1. The van der Waals surface area contributed by atoms with Gasteiger partial charge in [-0.1, -0.05) is 36.7 Å². The second-order valence-corrected chi connectivity index (χ2v) is 6.11. The van der Waals surface area contributed by atoms with Crippen molar-refractivity contribution in [3.05, 3.63) is 28.2 Å². The molecule has 3 nitrogen and oxygen atoms in total. The minimum Gasteiger partial charge on any atom is -0.481 e. The first kappa shape index (κ1) is 15.0. The van der Waals surface area contributed by atoms with Crippen LogP contribution >= 0.6 is 15.9 Å². The highest BCUT2D eigenvalue weighted by Crippen LogP contribution is 2.34. The van der Waals surface area contributed by atoms with Crippen LogP contribution in [0.5, 0.6) is 0 Å². The first-order valence-corrected chi connectivity index (χ1v) is 6.90. The Balaban J connectivity index is 3.12. The highest BCUT2D eigenvalue weighted by atomic mass is 79.9. The predicted molar refractivity (Wildman–Crippen MR) is 77.6 cm³/mol. The summed E-state index contributed by atoms with van der Waals surface area (Å²) in [6.07, 6.45) is 0.864. The molecule has 0 spiro atoms. The third kappa shape index (κ3) is 3.73. The lowest BCUT2D eigenvalue weighted by Crippen LogP contribution is -2.22. The molecular weight excluding hydrogens is 294 g/mol. The molecule has 2 atom stereocenters. The van der Waals surface area contributed by atoms with Crippen LogP contribution in [0.25, 0.3) is 0 Å². The van der Waals surface area contributed by atoms with Crippen LogP contribution in [0.1, 0.15) is 38.7 Å². The molecule has 1 rings (SSSR count). The summed E-state index contributed by atoms with van der Waals surface area (Å²) < 4.78 is 0.856. The first-order chi connectivity index (χ1) is 8.32. The van der Waals surface area contributed by atoms with E-state index in [1.807, 2.05) is 19.1 Å². The topological polar surface area (TPSA) is 63.3 Å². The number of halogens is 1. The van der Waals surface area contributed by atoms with Crippen molar-refractivity contribution in [2.75, 3.05) is 5.73 Å². The van der Waals surface area contributed by atoms with Gasteiger partial charge >= 0.3 is 5.97 Å². The van der Waals surface area contributed by atoms with Crippen molar-refractivity contribution in [3.63, 3.8) is 0 Å². The number of carbonyl (C=O) groups is 1. The smallest absolute Gasteiger partial charge is 0.311 e. The van der Waals surface area contributed by atoms with E-state index >= 15 is 0 Å². The molecule has 0 amide bonds. The SMILES string of the molecule is CC(C)CC(C)C(C(=O)O)c1cc(Br)ccc1N. The Morgan fingerprint density at radius 3 is 2.50 bits per heavy atom. The maximum absolute atomic E-state index is 11.5.